The number of hydrogen-bond donors (Lipinski definition) is 1. The van der Waals surface area contributed by atoms with Crippen molar-refractivity contribution in [3.8, 4) is 0 Å². The maximum absolute atomic E-state index is 4.23. The minimum Gasteiger partial charge on any atom is -0.388 e. The Morgan fingerprint density at radius 3 is 2.64 bits per heavy atom. The van der Waals surface area contributed by atoms with Crippen LogP contribution >= 0.6 is 0 Å². The van der Waals surface area contributed by atoms with E-state index in [4.69, 9.17) is 0 Å². The molecule has 0 heterocycles. The summed E-state index contributed by atoms with van der Waals surface area (Å²) in [6.07, 6.45) is 8.26. The molecule has 0 spiro atoms. The van der Waals surface area contributed by atoms with Crippen molar-refractivity contribution in [1.82, 2.24) is 5.32 Å². The zero-order chi connectivity index (χ0) is 16.2. The van der Waals surface area contributed by atoms with Gasteiger partial charge in [-0.05, 0) is 36.8 Å². The van der Waals surface area contributed by atoms with Crippen LogP contribution in [0.3, 0.4) is 0 Å². The van der Waals surface area contributed by atoms with Crippen molar-refractivity contribution in [3.63, 3.8) is 0 Å². The highest BCUT2D eigenvalue weighted by Gasteiger charge is 2.09. The van der Waals surface area contributed by atoms with Crippen LogP contribution in [-0.4, -0.2) is 12.8 Å². The topological polar surface area (TPSA) is 24.4 Å². The van der Waals surface area contributed by atoms with E-state index in [2.05, 4.69) is 68.0 Å². The van der Waals surface area contributed by atoms with Gasteiger partial charge in [0.1, 0.15) is 0 Å². The quantitative estimate of drug-likeness (QED) is 0.451. The van der Waals surface area contributed by atoms with Gasteiger partial charge < -0.3 is 5.32 Å². The van der Waals surface area contributed by atoms with Gasteiger partial charge in [0, 0.05) is 24.7 Å². The van der Waals surface area contributed by atoms with E-state index in [-0.39, 0.29) is 0 Å². The molecule has 0 bridgehead atoms. The van der Waals surface area contributed by atoms with E-state index >= 15 is 0 Å². The second-order valence-corrected chi connectivity index (χ2v) is 5.76. The number of aliphatic imine (C=N–C) groups is 1. The van der Waals surface area contributed by atoms with Gasteiger partial charge in [0.25, 0.3) is 0 Å². The molecule has 0 saturated carbocycles. The highest BCUT2D eigenvalue weighted by Crippen LogP contribution is 2.23. The number of unbranched alkanes of at least 4 members (excludes halogenated alkanes) is 2. The average molecular weight is 298 g/mol. The first-order valence-electron chi connectivity index (χ1n) is 8.31. The SMILES string of the molecule is C=CN=C/C(CC(C)c1ccccc1)=C(\C)NCCCCC. The minimum absolute atomic E-state index is 0.472. The van der Waals surface area contributed by atoms with Crippen LogP contribution in [-0.2, 0) is 0 Å². The van der Waals surface area contributed by atoms with Crippen molar-refractivity contribution < 1.29 is 0 Å². The third-order valence-electron chi connectivity index (χ3n) is 3.88. The van der Waals surface area contributed by atoms with E-state index in [0.717, 1.165) is 13.0 Å². The van der Waals surface area contributed by atoms with Gasteiger partial charge in [-0.3, -0.25) is 4.99 Å². The van der Waals surface area contributed by atoms with E-state index in [1.165, 1.54) is 36.1 Å². The molecule has 1 aromatic rings. The van der Waals surface area contributed by atoms with E-state index in [0.29, 0.717) is 5.92 Å². The fraction of sp³-hybridized carbons (Fsp3) is 0.450. The third-order valence-corrected chi connectivity index (χ3v) is 3.88. The van der Waals surface area contributed by atoms with Gasteiger partial charge in [-0.2, -0.15) is 0 Å². The van der Waals surface area contributed by atoms with Crippen molar-refractivity contribution >= 4 is 6.21 Å². The largest absolute Gasteiger partial charge is 0.388 e. The van der Waals surface area contributed by atoms with Crippen LogP contribution in [0, 0.1) is 0 Å². The molecule has 120 valence electrons. The molecule has 2 heteroatoms. The Hall–Kier alpha value is -1.83. The van der Waals surface area contributed by atoms with Crippen molar-refractivity contribution in [3.05, 3.63) is 59.9 Å². The van der Waals surface area contributed by atoms with E-state index in [1.807, 2.05) is 6.21 Å². The molecular formula is C20H30N2. The first-order valence-corrected chi connectivity index (χ1v) is 8.31. The van der Waals surface area contributed by atoms with Gasteiger partial charge >= 0.3 is 0 Å². The van der Waals surface area contributed by atoms with Crippen LogP contribution in [0.15, 0.2) is 59.4 Å². The van der Waals surface area contributed by atoms with Crippen molar-refractivity contribution in [1.29, 1.82) is 0 Å². The normalized spacial score (nSPS) is 13.8. The molecule has 1 atom stereocenters. The molecule has 1 rings (SSSR count). The van der Waals surface area contributed by atoms with Gasteiger partial charge in [-0.1, -0.05) is 63.6 Å². The second-order valence-electron chi connectivity index (χ2n) is 5.76. The number of benzene rings is 1. The summed E-state index contributed by atoms with van der Waals surface area (Å²) in [5, 5.41) is 3.54. The Kier molecular flexibility index (Phi) is 8.97. The Morgan fingerprint density at radius 2 is 2.00 bits per heavy atom. The Labute approximate surface area is 136 Å². The standard InChI is InChI=1S/C20H30N2/c1-5-7-11-14-22-18(4)20(16-21-6-2)15-17(3)19-12-9-8-10-13-19/h6,8-10,12-13,16-17,22H,2,5,7,11,14-15H2,1,3-4H3/b20-18+,21-16?. The lowest BCUT2D eigenvalue weighted by molar-refractivity contribution is 0.660. The predicted octanol–water partition coefficient (Wildman–Crippen LogP) is 5.45. The van der Waals surface area contributed by atoms with Gasteiger partial charge in [-0.15, -0.1) is 0 Å². The number of allylic oxidation sites excluding steroid dienone is 2. The zero-order valence-corrected chi connectivity index (χ0v) is 14.3. The van der Waals surface area contributed by atoms with E-state index in [9.17, 15) is 0 Å². The van der Waals surface area contributed by atoms with Gasteiger partial charge in [0.05, 0.1) is 0 Å². The molecule has 0 amide bonds. The summed E-state index contributed by atoms with van der Waals surface area (Å²) in [6.45, 7) is 11.3. The van der Waals surface area contributed by atoms with E-state index in [1.54, 1.807) is 6.20 Å². The van der Waals surface area contributed by atoms with Crippen LogP contribution in [0.2, 0.25) is 0 Å². The zero-order valence-electron chi connectivity index (χ0n) is 14.3. The lowest BCUT2D eigenvalue weighted by atomic mass is 9.93. The number of rotatable bonds is 10. The summed E-state index contributed by atoms with van der Waals surface area (Å²) >= 11 is 0. The Balaban J connectivity index is 2.74. The molecule has 1 N–H and O–H groups in total. The van der Waals surface area contributed by atoms with Crippen LogP contribution in [0.5, 0.6) is 0 Å². The van der Waals surface area contributed by atoms with Crippen molar-refractivity contribution in [2.75, 3.05) is 6.54 Å². The summed E-state index contributed by atoms with van der Waals surface area (Å²) in [5.74, 6) is 0.472. The average Bonchev–Trinajstić information content (AvgIpc) is 2.55. The maximum atomic E-state index is 4.23. The fourth-order valence-corrected chi connectivity index (χ4v) is 2.44. The van der Waals surface area contributed by atoms with Gasteiger partial charge in [0.2, 0.25) is 0 Å². The van der Waals surface area contributed by atoms with Gasteiger partial charge in [-0.25, -0.2) is 0 Å². The molecule has 0 aliphatic carbocycles. The van der Waals surface area contributed by atoms with Crippen molar-refractivity contribution in [2.24, 2.45) is 4.99 Å². The highest BCUT2D eigenvalue weighted by molar-refractivity contribution is 5.80. The second kappa shape index (κ2) is 10.8. The molecule has 0 radical (unpaired) electrons. The van der Waals surface area contributed by atoms with Crippen LogP contribution < -0.4 is 5.32 Å². The molecule has 22 heavy (non-hydrogen) atoms. The summed E-state index contributed by atoms with van der Waals surface area (Å²) in [4.78, 5) is 4.23. The molecule has 0 aliphatic heterocycles. The molecular weight excluding hydrogens is 268 g/mol. The Morgan fingerprint density at radius 1 is 1.27 bits per heavy atom. The maximum Gasteiger partial charge on any atom is 0.0316 e. The van der Waals surface area contributed by atoms with Crippen LogP contribution in [0.25, 0.3) is 0 Å². The summed E-state index contributed by atoms with van der Waals surface area (Å²) in [6, 6.07) is 10.6. The summed E-state index contributed by atoms with van der Waals surface area (Å²) in [7, 11) is 0. The first-order chi connectivity index (χ1) is 10.7. The summed E-state index contributed by atoms with van der Waals surface area (Å²) < 4.78 is 0. The lowest BCUT2D eigenvalue weighted by Gasteiger charge is -2.16. The molecule has 0 aromatic heterocycles. The molecule has 1 unspecified atom stereocenters. The first kappa shape index (κ1) is 18.2. The molecule has 1 aromatic carbocycles. The van der Waals surface area contributed by atoms with E-state index < -0.39 is 0 Å². The number of nitrogens with zero attached hydrogens (tertiary/aromatic N) is 1. The lowest BCUT2D eigenvalue weighted by Crippen LogP contribution is -2.16. The summed E-state index contributed by atoms with van der Waals surface area (Å²) in [5.41, 5.74) is 3.85. The van der Waals surface area contributed by atoms with Gasteiger partial charge in [0.15, 0.2) is 0 Å². The molecule has 0 saturated heterocycles. The minimum atomic E-state index is 0.472. The molecule has 0 fully saturated rings. The number of nitrogens with one attached hydrogen (secondary N) is 1. The highest BCUT2D eigenvalue weighted by atomic mass is 14.9. The number of hydrogen-bond acceptors (Lipinski definition) is 2. The van der Waals surface area contributed by atoms with Crippen LogP contribution in [0.1, 0.15) is 57.9 Å². The monoisotopic (exact) mass is 298 g/mol. The predicted molar refractivity (Wildman–Crippen MR) is 98.4 cm³/mol. The molecule has 2 nitrogen and oxygen atoms in total. The van der Waals surface area contributed by atoms with Crippen molar-refractivity contribution in [2.45, 2.75) is 52.4 Å². The Bertz CT molecular complexity index is 486. The molecule has 0 aliphatic rings. The smallest absolute Gasteiger partial charge is 0.0316 e. The fourth-order valence-electron chi connectivity index (χ4n) is 2.44. The van der Waals surface area contributed by atoms with Crippen LogP contribution in [0.4, 0.5) is 0 Å². The third kappa shape index (κ3) is 6.75.